The van der Waals surface area contributed by atoms with Crippen molar-refractivity contribution >= 4 is 23.2 Å². The third kappa shape index (κ3) is 3.26. The number of nitrogens with zero attached hydrogens (tertiary/aromatic N) is 1. The zero-order chi connectivity index (χ0) is 16.4. The number of rotatable bonds is 4. The van der Waals surface area contributed by atoms with E-state index < -0.39 is 0 Å². The first-order valence-electron chi connectivity index (χ1n) is 8.06. The Hall–Kier alpha value is -1.84. The number of benzene rings is 2. The molecule has 1 aliphatic heterocycles. The second kappa shape index (κ2) is 6.73. The summed E-state index contributed by atoms with van der Waals surface area (Å²) in [7, 11) is 0. The van der Waals surface area contributed by atoms with Gasteiger partial charge < -0.3 is 10.2 Å². The molecule has 0 saturated heterocycles. The van der Waals surface area contributed by atoms with Crippen LogP contribution in [0.1, 0.15) is 31.0 Å². The van der Waals surface area contributed by atoms with E-state index in [1.54, 1.807) is 0 Å². The van der Waals surface area contributed by atoms with Gasteiger partial charge in [0.1, 0.15) is 6.04 Å². The smallest absolute Gasteiger partial charge is 0.284 e. The van der Waals surface area contributed by atoms with Gasteiger partial charge in [-0.15, -0.1) is 0 Å². The van der Waals surface area contributed by atoms with E-state index in [1.165, 1.54) is 5.56 Å². The van der Waals surface area contributed by atoms with Crippen molar-refractivity contribution in [2.24, 2.45) is 0 Å². The van der Waals surface area contributed by atoms with Crippen molar-refractivity contribution in [1.82, 2.24) is 0 Å². The SMILES string of the molecule is C[C@@H]([NH2+][C@H](C)c1ccccc1Cl)C(=O)N1CCc2ccccc21. The van der Waals surface area contributed by atoms with Crippen molar-refractivity contribution in [3.05, 3.63) is 64.7 Å². The van der Waals surface area contributed by atoms with Crippen molar-refractivity contribution in [2.75, 3.05) is 11.4 Å². The lowest BCUT2D eigenvalue weighted by Gasteiger charge is -2.23. The van der Waals surface area contributed by atoms with Gasteiger partial charge in [0.05, 0.1) is 0 Å². The van der Waals surface area contributed by atoms with Crippen LogP contribution in [-0.2, 0) is 11.2 Å². The number of hydrogen-bond donors (Lipinski definition) is 1. The molecule has 0 aliphatic carbocycles. The van der Waals surface area contributed by atoms with Crippen LogP contribution in [0, 0.1) is 0 Å². The molecule has 2 aromatic rings. The summed E-state index contributed by atoms with van der Waals surface area (Å²) < 4.78 is 0. The van der Waals surface area contributed by atoms with Gasteiger partial charge in [0.25, 0.3) is 5.91 Å². The molecule has 4 heteroatoms. The maximum atomic E-state index is 12.8. The van der Waals surface area contributed by atoms with Gasteiger partial charge in [0, 0.05) is 22.8 Å². The molecular weight excluding hydrogens is 308 g/mol. The number of quaternary nitrogens is 1. The minimum Gasteiger partial charge on any atom is -0.330 e. The molecule has 2 N–H and O–H groups in total. The Kier molecular flexibility index (Phi) is 4.69. The molecule has 0 saturated carbocycles. The van der Waals surface area contributed by atoms with Crippen molar-refractivity contribution < 1.29 is 10.1 Å². The zero-order valence-electron chi connectivity index (χ0n) is 13.5. The van der Waals surface area contributed by atoms with Crippen LogP contribution in [0.15, 0.2) is 48.5 Å². The van der Waals surface area contributed by atoms with Crippen LogP contribution in [0.3, 0.4) is 0 Å². The Morgan fingerprint density at radius 3 is 2.61 bits per heavy atom. The molecule has 3 nitrogen and oxygen atoms in total. The lowest BCUT2D eigenvalue weighted by atomic mass is 10.1. The fraction of sp³-hybridized carbons (Fsp3) is 0.316. The molecule has 1 amide bonds. The van der Waals surface area contributed by atoms with E-state index in [4.69, 9.17) is 11.6 Å². The topological polar surface area (TPSA) is 36.9 Å². The van der Waals surface area contributed by atoms with Gasteiger partial charge in [-0.1, -0.05) is 48.0 Å². The van der Waals surface area contributed by atoms with Crippen molar-refractivity contribution in [2.45, 2.75) is 32.4 Å². The largest absolute Gasteiger partial charge is 0.330 e. The fourth-order valence-corrected chi connectivity index (χ4v) is 3.58. The molecule has 1 heterocycles. The summed E-state index contributed by atoms with van der Waals surface area (Å²) in [6, 6.07) is 16.0. The lowest BCUT2D eigenvalue weighted by Crippen LogP contribution is -2.92. The number of halogens is 1. The number of hydrogen-bond acceptors (Lipinski definition) is 1. The first kappa shape index (κ1) is 16.0. The van der Waals surface area contributed by atoms with Crippen molar-refractivity contribution in [3.63, 3.8) is 0 Å². The minimum atomic E-state index is -0.146. The van der Waals surface area contributed by atoms with E-state index in [1.807, 2.05) is 54.3 Å². The van der Waals surface area contributed by atoms with Gasteiger partial charge in [-0.25, -0.2) is 0 Å². The second-order valence-corrected chi connectivity index (χ2v) is 6.57. The number of para-hydroxylation sites is 1. The molecule has 0 radical (unpaired) electrons. The highest BCUT2D eigenvalue weighted by molar-refractivity contribution is 6.31. The molecule has 0 bridgehead atoms. The van der Waals surface area contributed by atoms with Crippen molar-refractivity contribution in [1.29, 1.82) is 0 Å². The molecular formula is C19H22ClN2O+. The summed E-state index contributed by atoms with van der Waals surface area (Å²) in [5, 5.41) is 2.84. The number of fused-ring (bicyclic) bond motifs is 1. The van der Waals surface area contributed by atoms with Crippen LogP contribution in [0.25, 0.3) is 0 Å². The summed E-state index contributed by atoms with van der Waals surface area (Å²) in [5.74, 6) is 0.161. The zero-order valence-corrected chi connectivity index (χ0v) is 14.3. The molecule has 0 unspecified atom stereocenters. The minimum absolute atomic E-state index is 0.139. The van der Waals surface area contributed by atoms with Gasteiger partial charge in [-0.05, 0) is 38.0 Å². The normalized spacial score (nSPS) is 16.0. The van der Waals surface area contributed by atoms with Crippen LogP contribution in [0.2, 0.25) is 5.02 Å². The highest BCUT2D eigenvalue weighted by Gasteiger charge is 2.30. The average Bonchev–Trinajstić information content (AvgIpc) is 2.98. The van der Waals surface area contributed by atoms with E-state index in [0.29, 0.717) is 0 Å². The molecule has 2 atom stereocenters. The molecule has 0 spiro atoms. The fourth-order valence-electron chi connectivity index (χ4n) is 3.28. The van der Waals surface area contributed by atoms with Crippen molar-refractivity contribution in [3.8, 4) is 0 Å². The van der Waals surface area contributed by atoms with Gasteiger partial charge in [-0.2, -0.15) is 0 Å². The third-order valence-corrected chi connectivity index (χ3v) is 4.86. The average molecular weight is 330 g/mol. The van der Waals surface area contributed by atoms with Crippen LogP contribution in [-0.4, -0.2) is 18.5 Å². The first-order chi connectivity index (χ1) is 11.1. The summed E-state index contributed by atoms with van der Waals surface area (Å²) in [6.45, 7) is 4.83. The maximum Gasteiger partial charge on any atom is 0.284 e. The molecule has 2 aromatic carbocycles. The predicted molar refractivity (Wildman–Crippen MR) is 93.8 cm³/mol. The number of nitrogens with two attached hydrogens (primary N) is 1. The van der Waals surface area contributed by atoms with E-state index >= 15 is 0 Å². The molecule has 3 rings (SSSR count). The Morgan fingerprint density at radius 2 is 1.83 bits per heavy atom. The van der Waals surface area contributed by atoms with Crippen LogP contribution < -0.4 is 10.2 Å². The highest BCUT2D eigenvalue weighted by atomic mass is 35.5. The van der Waals surface area contributed by atoms with Gasteiger partial charge in [0.2, 0.25) is 0 Å². The van der Waals surface area contributed by atoms with Crippen LogP contribution >= 0.6 is 11.6 Å². The Bertz CT molecular complexity index is 716. The monoisotopic (exact) mass is 329 g/mol. The predicted octanol–water partition coefficient (Wildman–Crippen LogP) is 2.94. The first-order valence-corrected chi connectivity index (χ1v) is 8.44. The molecule has 23 heavy (non-hydrogen) atoms. The van der Waals surface area contributed by atoms with E-state index in [-0.39, 0.29) is 18.0 Å². The summed E-state index contributed by atoms with van der Waals surface area (Å²) >= 11 is 6.26. The third-order valence-electron chi connectivity index (χ3n) is 4.52. The molecule has 1 aliphatic rings. The number of carbonyl (C=O) groups excluding carboxylic acids is 1. The van der Waals surface area contributed by atoms with Gasteiger partial charge >= 0.3 is 0 Å². The van der Waals surface area contributed by atoms with E-state index in [2.05, 4.69) is 18.3 Å². The van der Waals surface area contributed by atoms with E-state index in [0.717, 1.165) is 29.2 Å². The second-order valence-electron chi connectivity index (χ2n) is 6.16. The highest BCUT2D eigenvalue weighted by Crippen LogP contribution is 2.27. The standard InChI is InChI=1S/C19H21ClN2O/c1-13(16-8-4-5-9-17(16)20)21-14(2)19(23)22-12-11-15-7-3-6-10-18(15)22/h3-10,13-14,21H,11-12H2,1-2H3/p+1/t13-,14-/m1/s1. The summed E-state index contributed by atoms with van der Waals surface area (Å²) in [4.78, 5) is 14.7. The van der Waals surface area contributed by atoms with Crippen LogP contribution in [0.4, 0.5) is 5.69 Å². The lowest BCUT2D eigenvalue weighted by molar-refractivity contribution is -0.710. The molecule has 120 valence electrons. The van der Waals surface area contributed by atoms with Crippen LogP contribution in [0.5, 0.6) is 0 Å². The molecule has 0 aromatic heterocycles. The molecule has 0 fully saturated rings. The number of amides is 1. The van der Waals surface area contributed by atoms with Gasteiger partial charge in [-0.3, -0.25) is 4.79 Å². The van der Waals surface area contributed by atoms with E-state index in [9.17, 15) is 4.79 Å². The Morgan fingerprint density at radius 1 is 1.13 bits per heavy atom. The Labute approximate surface area is 142 Å². The van der Waals surface area contributed by atoms with Gasteiger partial charge in [0.15, 0.2) is 6.04 Å². The summed E-state index contributed by atoms with van der Waals surface area (Å²) in [6.07, 6.45) is 0.939. The quantitative estimate of drug-likeness (QED) is 0.920. The summed E-state index contributed by atoms with van der Waals surface area (Å²) in [5.41, 5.74) is 3.38. The number of carbonyl (C=O) groups is 1. The number of anilines is 1. The maximum absolute atomic E-state index is 12.8. The Balaban J connectivity index is 1.70.